The van der Waals surface area contributed by atoms with E-state index in [1.807, 2.05) is 6.07 Å². The van der Waals surface area contributed by atoms with Gasteiger partial charge in [0, 0.05) is 18.3 Å². The Morgan fingerprint density at radius 2 is 2.12 bits per heavy atom. The second-order valence-corrected chi connectivity index (χ2v) is 3.97. The highest BCUT2D eigenvalue weighted by atomic mass is 16.3. The maximum atomic E-state index is 9.58. The van der Waals surface area contributed by atoms with Gasteiger partial charge in [0.1, 0.15) is 12.1 Å². The predicted molar refractivity (Wildman–Crippen MR) is 65.4 cm³/mol. The topological polar surface area (TPSA) is 58.0 Å². The molecule has 16 heavy (non-hydrogen) atoms. The maximum absolute atomic E-state index is 9.58. The third-order valence-corrected chi connectivity index (χ3v) is 2.37. The minimum absolute atomic E-state index is 0.297. The number of aliphatic hydroxyl groups excluding tert-OH is 1. The third kappa shape index (κ3) is 4.57. The molecule has 2 N–H and O–H groups in total. The lowest BCUT2D eigenvalue weighted by Gasteiger charge is -2.11. The van der Waals surface area contributed by atoms with E-state index in [0.717, 1.165) is 37.2 Å². The average molecular weight is 223 g/mol. The maximum Gasteiger partial charge on any atom is 0.129 e. The van der Waals surface area contributed by atoms with E-state index in [4.69, 9.17) is 0 Å². The minimum atomic E-state index is -0.297. The standard InChI is InChI=1S/C12H21N3O/c1-3-5-10-7-12(15-9-14-10)13-8-11(16)6-4-2/h7,9,11,16H,3-6,8H2,1-2H3,(H,13,14,15). The Kier molecular flexibility index (Phi) is 5.78. The quantitative estimate of drug-likeness (QED) is 0.742. The molecule has 0 spiro atoms. The first-order valence-electron chi connectivity index (χ1n) is 5.99. The van der Waals surface area contributed by atoms with Crippen molar-refractivity contribution < 1.29 is 5.11 Å². The Morgan fingerprint density at radius 3 is 2.81 bits per heavy atom. The van der Waals surface area contributed by atoms with E-state index in [9.17, 15) is 5.11 Å². The second kappa shape index (κ2) is 7.17. The van der Waals surface area contributed by atoms with Gasteiger partial charge in [0.15, 0.2) is 0 Å². The molecule has 4 heteroatoms. The van der Waals surface area contributed by atoms with Crippen LogP contribution < -0.4 is 5.32 Å². The highest BCUT2D eigenvalue weighted by Gasteiger charge is 2.03. The number of rotatable bonds is 7. The predicted octanol–water partition coefficient (Wildman–Crippen LogP) is 2.00. The van der Waals surface area contributed by atoms with Gasteiger partial charge in [-0.25, -0.2) is 9.97 Å². The molecule has 0 saturated carbocycles. The number of hydrogen-bond donors (Lipinski definition) is 2. The van der Waals surface area contributed by atoms with Gasteiger partial charge in [0.25, 0.3) is 0 Å². The van der Waals surface area contributed by atoms with Crippen LogP contribution in [0.2, 0.25) is 0 Å². The first kappa shape index (κ1) is 12.9. The van der Waals surface area contributed by atoms with Crippen LogP contribution in [0.3, 0.4) is 0 Å². The van der Waals surface area contributed by atoms with Crippen LogP contribution in [-0.2, 0) is 6.42 Å². The molecule has 1 heterocycles. The molecule has 0 fully saturated rings. The molecule has 0 radical (unpaired) electrons. The van der Waals surface area contributed by atoms with Crippen molar-refractivity contribution in [1.29, 1.82) is 0 Å². The molecule has 1 unspecified atom stereocenters. The average Bonchev–Trinajstić information content (AvgIpc) is 2.28. The van der Waals surface area contributed by atoms with Crippen molar-refractivity contribution >= 4 is 5.82 Å². The van der Waals surface area contributed by atoms with Gasteiger partial charge in [-0.1, -0.05) is 26.7 Å². The lowest BCUT2D eigenvalue weighted by atomic mass is 10.2. The molecule has 1 aromatic heterocycles. The van der Waals surface area contributed by atoms with E-state index < -0.39 is 0 Å². The van der Waals surface area contributed by atoms with Gasteiger partial charge in [-0.2, -0.15) is 0 Å². The summed E-state index contributed by atoms with van der Waals surface area (Å²) >= 11 is 0. The van der Waals surface area contributed by atoms with E-state index in [1.165, 1.54) is 0 Å². The zero-order chi connectivity index (χ0) is 11.8. The first-order chi connectivity index (χ1) is 7.76. The zero-order valence-corrected chi connectivity index (χ0v) is 10.1. The summed E-state index contributed by atoms with van der Waals surface area (Å²) < 4.78 is 0. The van der Waals surface area contributed by atoms with Crippen molar-refractivity contribution in [2.45, 2.75) is 45.6 Å². The molecule has 0 amide bonds. The van der Waals surface area contributed by atoms with Crippen LogP contribution in [-0.4, -0.2) is 27.7 Å². The molecule has 0 aliphatic carbocycles. The summed E-state index contributed by atoms with van der Waals surface area (Å²) in [5, 5.41) is 12.7. The SMILES string of the molecule is CCCc1cc(NCC(O)CCC)ncn1. The summed E-state index contributed by atoms with van der Waals surface area (Å²) in [5.74, 6) is 0.800. The van der Waals surface area contributed by atoms with Crippen LogP contribution >= 0.6 is 0 Å². The molecule has 0 aliphatic rings. The van der Waals surface area contributed by atoms with Crippen molar-refractivity contribution in [3.63, 3.8) is 0 Å². The molecule has 0 bridgehead atoms. The molecule has 4 nitrogen and oxygen atoms in total. The Labute approximate surface area is 97.1 Å². The number of aromatic nitrogens is 2. The second-order valence-electron chi connectivity index (χ2n) is 3.97. The molecule has 1 aromatic rings. The first-order valence-corrected chi connectivity index (χ1v) is 5.99. The van der Waals surface area contributed by atoms with Gasteiger partial charge in [-0.15, -0.1) is 0 Å². The smallest absolute Gasteiger partial charge is 0.129 e. The molecule has 0 aliphatic heterocycles. The van der Waals surface area contributed by atoms with Gasteiger partial charge in [-0.05, 0) is 12.8 Å². The van der Waals surface area contributed by atoms with Gasteiger partial charge in [-0.3, -0.25) is 0 Å². The lowest BCUT2D eigenvalue weighted by molar-refractivity contribution is 0.176. The number of anilines is 1. The molecule has 1 rings (SSSR count). The fraction of sp³-hybridized carbons (Fsp3) is 0.667. The van der Waals surface area contributed by atoms with Crippen LogP contribution in [0.5, 0.6) is 0 Å². The fourth-order valence-corrected chi connectivity index (χ4v) is 1.54. The summed E-state index contributed by atoms with van der Waals surface area (Å²) in [6, 6.07) is 1.95. The van der Waals surface area contributed by atoms with Gasteiger partial charge in [0.2, 0.25) is 0 Å². The normalized spacial score (nSPS) is 12.4. The van der Waals surface area contributed by atoms with Crippen LogP contribution in [0.1, 0.15) is 38.8 Å². The highest BCUT2D eigenvalue weighted by Crippen LogP contribution is 2.06. The lowest BCUT2D eigenvalue weighted by Crippen LogP contribution is -2.19. The Morgan fingerprint density at radius 1 is 1.31 bits per heavy atom. The van der Waals surface area contributed by atoms with Crippen molar-refractivity contribution in [3.05, 3.63) is 18.1 Å². The summed E-state index contributed by atoms with van der Waals surface area (Å²) in [6.45, 7) is 4.74. The molecular weight excluding hydrogens is 202 g/mol. The van der Waals surface area contributed by atoms with E-state index in [-0.39, 0.29) is 6.10 Å². The Balaban J connectivity index is 2.44. The molecule has 0 saturated heterocycles. The number of hydrogen-bond acceptors (Lipinski definition) is 4. The van der Waals surface area contributed by atoms with Crippen molar-refractivity contribution in [3.8, 4) is 0 Å². The van der Waals surface area contributed by atoms with Crippen molar-refractivity contribution in [2.75, 3.05) is 11.9 Å². The van der Waals surface area contributed by atoms with E-state index in [1.54, 1.807) is 6.33 Å². The van der Waals surface area contributed by atoms with Crippen molar-refractivity contribution in [2.24, 2.45) is 0 Å². The van der Waals surface area contributed by atoms with Crippen LogP contribution in [0.25, 0.3) is 0 Å². The molecule has 90 valence electrons. The van der Waals surface area contributed by atoms with Gasteiger partial charge < -0.3 is 10.4 Å². The van der Waals surface area contributed by atoms with E-state index in [2.05, 4.69) is 29.1 Å². The van der Waals surface area contributed by atoms with Gasteiger partial charge in [0.05, 0.1) is 6.10 Å². The summed E-state index contributed by atoms with van der Waals surface area (Å²) in [4.78, 5) is 8.30. The Bertz CT molecular complexity index is 304. The fourth-order valence-electron chi connectivity index (χ4n) is 1.54. The van der Waals surface area contributed by atoms with E-state index in [0.29, 0.717) is 6.54 Å². The largest absolute Gasteiger partial charge is 0.391 e. The van der Waals surface area contributed by atoms with Gasteiger partial charge >= 0.3 is 0 Å². The number of aryl methyl sites for hydroxylation is 1. The molecular formula is C12H21N3O. The summed E-state index contributed by atoms with van der Waals surface area (Å²) in [7, 11) is 0. The number of nitrogens with zero attached hydrogens (tertiary/aromatic N) is 2. The molecule has 0 aromatic carbocycles. The third-order valence-electron chi connectivity index (χ3n) is 2.37. The van der Waals surface area contributed by atoms with Crippen LogP contribution in [0.15, 0.2) is 12.4 Å². The zero-order valence-electron chi connectivity index (χ0n) is 10.1. The van der Waals surface area contributed by atoms with Crippen LogP contribution in [0, 0.1) is 0 Å². The number of nitrogens with one attached hydrogen (secondary N) is 1. The highest BCUT2D eigenvalue weighted by molar-refractivity contribution is 5.34. The Hall–Kier alpha value is -1.16. The monoisotopic (exact) mass is 223 g/mol. The summed E-state index contributed by atoms with van der Waals surface area (Å²) in [5.41, 5.74) is 1.05. The molecule has 1 atom stereocenters. The van der Waals surface area contributed by atoms with Crippen molar-refractivity contribution in [1.82, 2.24) is 9.97 Å². The summed E-state index contributed by atoms with van der Waals surface area (Å²) in [6.07, 6.45) is 5.13. The minimum Gasteiger partial charge on any atom is -0.391 e. The van der Waals surface area contributed by atoms with E-state index >= 15 is 0 Å². The number of aliphatic hydroxyl groups is 1. The van der Waals surface area contributed by atoms with Crippen LogP contribution in [0.4, 0.5) is 5.82 Å².